The van der Waals surface area contributed by atoms with Crippen molar-refractivity contribution in [2.75, 3.05) is 26.2 Å². The topological polar surface area (TPSA) is 78.0 Å². The molecule has 2 heterocycles. The average Bonchev–Trinajstić information content (AvgIpc) is 2.90. The van der Waals surface area contributed by atoms with Gasteiger partial charge in [0.05, 0.1) is 11.1 Å². The van der Waals surface area contributed by atoms with E-state index < -0.39 is 5.38 Å². The molecule has 144 valence electrons. The summed E-state index contributed by atoms with van der Waals surface area (Å²) in [6.07, 6.45) is 0. The van der Waals surface area contributed by atoms with Crippen LogP contribution in [0.2, 0.25) is 0 Å². The molecule has 1 aromatic carbocycles. The first kappa shape index (κ1) is 19.4. The number of imide groups is 1. The van der Waals surface area contributed by atoms with Crippen molar-refractivity contribution in [1.29, 1.82) is 0 Å². The summed E-state index contributed by atoms with van der Waals surface area (Å²) in [5.41, 5.74) is 0.965. The number of amides is 4. The average molecular weight is 392 g/mol. The molecule has 0 bridgehead atoms. The van der Waals surface area contributed by atoms with Gasteiger partial charge in [-0.25, -0.2) is 0 Å². The third kappa shape index (κ3) is 3.43. The summed E-state index contributed by atoms with van der Waals surface area (Å²) in [6, 6.07) is 4.37. The van der Waals surface area contributed by atoms with Gasteiger partial charge < -0.3 is 9.80 Å². The van der Waals surface area contributed by atoms with E-state index in [1.165, 1.54) is 11.0 Å². The molecule has 0 aromatic heterocycles. The van der Waals surface area contributed by atoms with Crippen LogP contribution in [-0.4, -0.2) is 75.9 Å². The third-order valence-electron chi connectivity index (χ3n) is 4.90. The fourth-order valence-electron chi connectivity index (χ4n) is 3.43. The summed E-state index contributed by atoms with van der Waals surface area (Å²) in [4.78, 5) is 54.1. The Balaban J connectivity index is 1.74. The molecular weight excluding hydrogens is 370 g/mol. The molecule has 1 atom stereocenters. The van der Waals surface area contributed by atoms with Crippen molar-refractivity contribution in [2.45, 2.75) is 32.2 Å². The quantitative estimate of drug-likeness (QED) is 0.579. The van der Waals surface area contributed by atoms with E-state index in [2.05, 4.69) is 0 Å². The Labute approximate surface area is 162 Å². The molecular formula is C19H22ClN3O4. The van der Waals surface area contributed by atoms with Gasteiger partial charge >= 0.3 is 0 Å². The van der Waals surface area contributed by atoms with Gasteiger partial charge in [0, 0.05) is 37.8 Å². The van der Waals surface area contributed by atoms with Gasteiger partial charge in [0.15, 0.2) is 0 Å². The molecule has 1 fully saturated rings. The largest absolute Gasteiger partial charge is 0.338 e. The fraction of sp³-hybridized carbons (Fsp3) is 0.474. The highest BCUT2D eigenvalue weighted by Crippen LogP contribution is 2.26. The van der Waals surface area contributed by atoms with E-state index in [-0.39, 0.29) is 35.2 Å². The number of hydrogen-bond donors (Lipinski definition) is 0. The number of carbonyl (C=O) groups excluding carboxylic acids is 4. The van der Waals surface area contributed by atoms with Crippen LogP contribution in [0.1, 0.15) is 51.8 Å². The number of hydrogen-bond acceptors (Lipinski definition) is 4. The smallest absolute Gasteiger partial charge is 0.261 e. The van der Waals surface area contributed by atoms with Gasteiger partial charge in [0.2, 0.25) is 5.91 Å². The molecule has 2 aliphatic heterocycles. The third-order valence-corrected chi connectivity index (χ3v) is 5.09. The molecule has 1 aromatic rings. The molecule has 0 N–H and O–H groups in total. The first-order valence-electron chi connectivity index (χ1n) is 8.96. The number of carbonyl (C=O) groups is 4. The summed E-state index contributed by atoms with van der Waals surface area (Å²) >= 11 is 5.83. The van der Waals surface area contributed by atoms with Gasteiger partial charge in [0.25, 0.3) is 17.7 Å². The van der Waals surface area contributed by atoms with Crippen LogP contribution in [0.15, 0.2) is 18.2 Å². The van der Waals surface area contributed by atoms with Crippen LogP contribution in [0.25, 0.3) is 0 Å². The van der Waals surface area contributed by atoms with Gasteiger partial charge in [0.1, 0.15) is 5.38 Å². The Hall–Kier alpha value is -2.41. The number of piperazine rings is 1. The number of fused-ring (bicyclic) bond motifs is 1. The second-order valence-electron chi connectivity index (χ2n) is 7.07. The number of alkyl halides is 1. The van der Waals surface area contributed by atoms with Crippen LogP contribution < -0.4 is 0 Å². The van der Waals surface area contributed by atoms with Crippen molar-refractivity contribution < 1.29 is 19.2 Å². The zero-order valence-corrected chi connectivity index (χ0v) is 16.3. The minimum absolute atomic E-state index is 0.140. The van der Waals surface area contributed by atoms with Gasteiger partial charge in [-0.15, -0.1) is 11.6 Å². The Kier molecular flexibility index (Phi) is 5.24. The van der Waals surface area contributed by atoms with Gasteiger partial charge in [-0.1, -0.05) is 0 Å². The lowest BCUT2D eigenvalue weighted by Crippen LogP contribution is -2.52. The standard InChI is InChI=1S/C19H22ClN3O4/c1-11(2)23-18(26)14-5-4-13(10-15(14)19(23)27)17(25)22-8-6-21(7-9-22)16(24)12(3)20/h4-5,10-12H,6-9H2,1-3H3. The minimum atomic E-state index is -0.587. The predicted molar refractivity (Wildman–Crippen MR) is 99.9 cm³/mol. The monoisotopic (exact) mass is 391 g/mol. The minimum Gasteiger partial charge on any atom is -0.338 e. The molecule has 1 unspecified atom stereocenters. The van der Waals surface area contributed by atoms with Crippen molar-refractivity contribution in [1.82, 2.24) is 14.7 Å². The van der Waals surface area contributed by atoms with Crippen LogP contribution >= 0.6 is 11.6 Å². The molecule has 8 heteroatoms. The lowest BCUT2D eigenvalue weighted by molar-refractivity contribution is -0.131. The van der Waals surface area contributed by atoms with Crippen molar-refractivity contribution in [2.24, 2.45) is 0 Å². The maximum atomic E-state index is 12.8. The SMILES string of the molecule is CC(Cl)C(=O)N1CCN(C(=O)c2ccc3c(c2)C(=O)N(C(C)C)C3=O)CC1. The highest BCUT2D eigenvalue weighted by molar-refractivity contribution is 6.30. The van der Waals surface area contributed by atoms with Crippen molar-refractivity contribution in [3.05, 3.63) is 34.9 Å². The molecule has 27 heavy (non-hydrogen) atoms. The van der Waals surface area contributed by atoms with Gasteiger partial charge in [-0.05, 0) is 39.0 Å². The second kappa shape index (κ2) is 7.31. The first-order valence-corrected chi connectivity index (χ1v) is 9.40. The zero-order chi connectivity index (χ0) is 19.9. The highest BCUT2D eigenvalue weighted by atomic mass is 35.5. The van der Waals surface area contributed by atoms with Crippen molar-refractivity contribution in [3.63, 3.8) is 0 Å². The normalized spacial score (nSPS) is 18.2. The maximum absolute atomic E-state index is 12.8. The Morgan fingerprint density at radius 2 is 1.48 bits per heavy atom. The highest BCUT2D eigenvalue weighted by Gasteiger charge is 2.38. The van der Waals surface area contributed by atoms with Crippen LogP contribution in [0.3, 0.4) is 0 Å². The Morgan fingerprint density at radius 3 is 2.04 bits per heavy atom. The molecule has 4 amide bonds. The number of halogens is 1. The zero-order valence-electron chi connectivity index (χ0n) is 15.6. The van der Waals surface area contributed by atoms with E-state index in [1.807, 2.05) is 0 Å². The van der Waals surface area contributed by atoms with E-state index in [9.17, 15) is 19.2 Å². The molecule has 0 aliphatic carbocycles. The lowest BCUT2D eigenvalue weighted by atomic mass is 10.0. The van der Waals surface area contributed by atoms with E-state index in [4.69, 9.17) is 11.6 Å². The molecule has 0 saturated carbocycles. The van der Waals surface area contributed by atoms with Crippen LogP contribution in [0.5, 0.6) is 0 Å². The Bertz CT molecular complexity index is 813. The fourth-order valence-corrected chi connectivity index (χ4v) is 3.56. The number of benzene rings is 1. The van der Waals surface area contributed by atoms with Gasteiger partial charge in [-0.3, -0.25) is 24.1 Å². The molecule has 1 saturated heterocycles. The Morgan fingerprint density at radius 1 is 0.926 bits per heavy atom. The second-order valence-corrected chi connectivity index (χ2v) is 7.72. The van der Waals surface area contributed by atoms with Crippen LogP contribution in [0.4, 0.5) is 0 Å². The molecule has 0 spiro atoms. The van der Waals surface area contributed by atoms with E-state index in [0.717, 1.165) is 0 Å². The predicted octanol–water partition coefficient (Wildman–Crippen LogP) is 1.60. The van der Waals surface area contributed by atoms with Crippen molar-refractivity contribution in [3.8, 4) is 0 Å². The summed E-state index contributed by atoms with van der Waals surface area (Å²) in [5.74, 6) is -1.05. The summed E-state index contributed by atoms with van der Waals surface area (Å²) < 4.78 is 0. The van der Waals surface area contributed by atoms with Crippen LogP contribution in [-0.2, 0) is 4.79 Å². The summed E-state index contributed by atoms with van der Waals surface area (Å²) in [7, 11) is 0. The van der Waals surface area contributed by atoms with Crippen LogP contribution in [0, 0.1) is 0 Å². The van der Waals surface area contributed by atoms with Gasteiger partial charge in [-0.2, -0.15) is 0 Å². The lowest BCUT2D eigenvalue weighted by Gasteiger charge is -2.35. The molecule has 2 aliphatic rings. The number of nitrogens with zero attached hydrogens (tertiary/aromatic N) is 3. The van der Waals surface area contributed by atoms with Crippen molar-refractivity contribution >= 4 is 35.2 Å². The van der Waals surface area contributed by atoms with E-state index in [0.29, 0.717) is 37.3 Å². The molecule has 3 rings (SSSR count). The van der Waals surface area contributed by atoms with E-state index >= 15 is 0 Å². The molecule has 7 nitrogen and oxygen atoms in total. The number of rotatable bonds is 3. The maximum Gasteiger partial charge on any atom is 0.261 e. The molecule has 0 radical (unpaired) electrons. The van der Waals surface area contributed by atoms with E-state index in [1.54, 1.807) is 42.7 Å². The summed E-state index contributed by atoms with van der Waals surface area (Å²) in [6.45, 7) is 6.82. The summed E-state index contributed by atoms with van der Waals surface area (Å²) in [5, 5.41) is -0.587. The first-order chi connectivity index (χ1) is 12.7.